The van der Waals surface area contributed by atoms with Gasteiger partial charge in [-0.25, -0.2) is 14.7 Å². The molecule has 18 heteroatoms. The van der Waals surface area contributed by atoms with Gasteiger partial charge >= 0.3 is 17.9 Å². The molecule has 1 saturated heterocycles. The van der Waals surface area contributed by atoms with Gasteiger partial charge in [0, 0.05) is 25.7 Å². The summed E-state index contributed by atoms with van der Waals surface area (Å²) in [5, 5.41) is 7.95. The number of benzene rings is 2. The summed E-state index contributed by atoms with van der Waals surface area (Å²) in [5.74, 6) is -1.02. The molecule has 0 radical (unpaired) electrons. The van der Waals surface area contributed by atoms with E-state index < -0.39 is 46.1 Å². The fourth-order valence-corrected chi connectivity index (χ4v) is 5.73. The highest BCUT2D eigenvalue weighted by molar-refractivity contribution is 8.15. The van der Waals surface area contributed by atoms with Gasteiger partial charge in [0.1, 0.15) is 18.2 Å². The Balaban J connectivity index is 1.15. The van der Waals surface area contributed by atoms with Gasteiger partial charge in [0.25, 0.3) is 10.3 Å². The Morgan fingerprint density at radius 2 is 1.76 bits per heavy atom. The number of esters is 3. The van der Waals surface area contributed by atoms with Crippen molar-refractivity contribution in [1.82, 2.24) is 9.88 Å². The third-order valence-electron chi connectivity index (χ3n) is 7.53. The van der Waals surface area contributed by atoms with Crippen LogP contribution in [-0.4, -0.2) is 96.5 Å². The van der Waals surface area contributed by atoms with E-state index in [9.17, 15) is 34.1 Å². The number of carbonyl (C=O) groups excluding carboxylic acids is 5. The van der Waals surface area contributed by atoms with E-state index in [2.05, 4.69) is 9.82 Å². The van der Waals surface area contributed by atoms with Crippen LogP contribution in [0.4, 0.5) is 10.6 Å². The number of likely N-dealkylation sites (N-methyl/N-ethyl adjacent to an activating group) is 1. The molecule has 1 aliphatic heterocycles. The van der Waals surface area contributed by atoms with Crippen LogP contribution in [0.2, 0.25) is 0 Å². The van der Waals surface area contributed by atoms with Gasteiger partial charge in [-0.2, -0.15) is 0 Å². The maximum absolute atomic E-state index is 13.0. The van der Waals surface area contributed by atoms with Gasteiger partial charge in [-0.05, 0) is 60.0 Å². The van der Waals surface area contributed by atoms with Crippen molar-refractivity contribution in [3.63, 3.8) is 0 Å². The zero-order chi connectivity index (χ0) is 38.9. The zero-order valence-electron chi connectivity index (χ0n) is 29.5. The molecular formula is C36H38N4O13S. The fourth-order valence-electron chi connectivity index (χ4n) is 4.72. The van der Waals surface area contributed by atoms with Gasteiger partial charge in [0.15, 0.2) is 18.2 Å². The number of anilines is 1. The number of imide groups is 1. The molecule has 1 aromatic heterocycles. The van der Waals surface area contributed by atoms with Crippen LogP contribution in [0, 0.1) is 10.1 Å². The summed E-state index contributed by atoms with van der Waals surface area (Å²) in [5.41, 5.74) is 1.33. The second kappa shape index (κ2) is 20.8. The second-order valence-electron chi connectivity index (χ2n) is 11.4. The van der Waals surface area contributed by atoms with Crippen LogP contribution >= 0.6 is 11.8 Å². The summed E-state index contributed by atoms with van der Waals surface area (Å²) in [7, 11) is 3.27. The molecule has 2 aromatic carbocycles. The van der Waals surface area contributed by atoms with Gasteiger partial charge in [-0.1, -0.05) is 36.0 Å². The number of amides is 2. The van der Waals surface area contributed by atoms with Gasteiger partial charge in [0.2, 0.25) is 5.91 Å². The van der Waals surface area contributed by atoms with E-state index in [1.54, 1.807) is 24.4 Å². The topological polar surface area (TPSA) is 203 Å². The van der Waals surface area contributed by atoms with E-state index >= 15 is 0 Å². The first-order valence-corrected chi connectivity index (χ1v) is 17.4. The van der Waals surface area contributed by atoms with Crippen LogP contribution in [0.1, 0.15) is 30.4 Å². The highest BCUT2D eigenvalue weighted by Crippen LogP contribution is 2.31. The van der Waals surface area contributed by atoms with Gasteiger partial charge < -0.3 is 33.4 Å². The fraction of sp³-hybridized carbons (Fsp3) is 0.333. The van der Waals surface area contributed by atoms with E-state index in [0.29, 0.717) is 24.5 Å². The molecule has 2 amide bonds. The maximum Gasteiger partial charge on any atom is 0.330 e. The highest BCUT2D eigenvalue weighted by Gasteiger charge is 2.40. The number of nitrogens with zero attached hydrogens (tertiary/aromatic N) is 4. The van der Waals surface area contributed by atoms with Crippen LogP contribution in [0.25, 0.3) is 6.08 Å². The summed E-state index contributed by atoms with van der Waals surface area (Å²) in [4.78, 5) is 83.6. The highest BCUT2D eigenvalue weighted by atomic mass is 32.2. The van der Waals surface area contributed by atoms with Crippen molar-refractivity contribution in [1.29, 1.82) is 0 Å². The van der Waals surface area contributed by atoms with Crippen molar-refractivity contribution >= 4 is 52.7 Å². The summed E-state index contributed by atoms with van der Waals surface area (Å²) in [6.07, 6.45) is 4.00. The molecule has 0 spiro atoms. The third kappa shape index (κ3) is 13.1. The first-order chi connectivity index (χ1) is 26.0. The molecule has 17 nitrogen and oxygen atoms in total. The lowest BCUT2D eigenvalue weighted by Crippen LogP contribution is -2.35. The van der Waals surface area contributed by atoms with Crippen molar-refractivity contribution in [3.8, 4) is 17.2 Å². The molecule has 1 fully saturated rings. The number of methoxy groups -OCH3 is 1. The van der Waals surface area contributed by atoms with Gasteiger partial charge in [-0.15, -0.1) is 10.1 Å². The number of pyridine rings is 1. The minimum absolute atomic E-state index is 0.0596. The van der Waals surface area contributed by atoms with Crippen molar-refractivity contribution in [2.45, 2.75) is 30.9 Å². The molecule has 1 atom stereocenters. The van der Waals surface area contributed by atoms with Crippen molar-refractivity contribution in [3.05, 3.63) is 94.2 Å². The van der Waals surface area contributed by atoms with Crippen LogP contribution < -0.4 is 19.1 Å². The van der Waals surface area contributed by atoms with Gasteiger partial charge in [-0.3, -0.25) is 19.2 Å². The Morgan fingerprint density at radius 3 is 2.48 bits per heavy atom. The Hall–Kier alpha value is -6.17. The predicted molar refractivity (Wildman–Crippen MR) is 193 cm³/mol. The molecule has 0 saturated carbocycles. The number of hydrogen-bond donors (Lipinski definition) is 0. The molecule has 4 rings (SSSR count). The van der Waals surface area contributed by atoms with Crippen LogP contribution in [0.5, 0.6) is 17.2 Å². The molecule has 0 bridgehead atoms. The zero-order valence-corrected chi connectivity index (χ0v) is 30.3. The molecule has 1 unspecified atom stereocenters. The molecule has 0 aliphatic carbocycles. The number of thioether (sulfide) groups is 1. The second-order valence-corrected chi connectivity index (χ2v) is 12.5. The lowest BCUT2D eigenvalue weighted by atomic mass is 10.1. The summed E-state index contributed by atoms with van der Waals surface area (Å²) in [6.45, 7) is 0.210. The van der Waals surface area contributed by atoms with E-state index in [-0.39, 0.29) is 50.4 Å². The van der Waals surface area contributed by atoms with Crippen LogP contribution in [0.3, 0.4) is 0 Å². The normalized spacial score (nSPS) is 13.7. The number of rotatable bonds is 21. The first kappa shape index (κ1) is 40.6. The first-order valence-electron chi connectivity index (χ1n) is 16.5. The van der Waals surface area contributed by atoms with Crippen LogP contribution in [0.15, 0.2) is 72.9 Å². The molecule has 2 heterocycles. The maximum atomic E-state index is 13.0. The van der Waals surface area contributed by atoms with E-state index in [1.807, 2.05) is 42.3 Å². The van der Waals surface area contributed by atoms with Crippen molar-refractivity contribution < 1.29 is 57.6 Å². The average Bonchev–Trinajstić information content (AvgIpc) is 3.43. The number of ether oxygens (including phenoxy) is 5. The molecule has 286 valence electrons. The number of hydrogen-bond acceptors (Lipinski definition) is 16. The summed E-state index contributed by atoms with van der Waals surface area (Å²) < 4.78 is 26.4. The molecule has 0 N–H and O–H groups in total. The van der Waals surface area contributed by atoms with Crippen molar-refractivity contribution in [2.75, 3.05) is 52.2 Å². The predicted octanol–water partition coefficient (Wildman–Crippen LogP) is 4.25. The molecule has 1 aliphatic rings. The Kier molecular flexibility index (Phi) is 15.6. The van der Waals surface area contributed by atoms with E-state index in [1.165, 1.54) is 25.3 Å². The quantitative estimate of drug-likeness (QED) is 0.0371. The van der Waals surface area contributed by atoms with Gasteiger partial charge in [0.05, 0.1) is 45.0 Å². The lowest BCUT2D eigenvalue weighted by Gasteiger charge is -2.18. The van der Waals surface area contributed by atoms with E-state index in [0.717, 1.165) is 34.1 Å². The largest absolute Gasteiger partial charge is 0.493 e. The number of aromatic nitrogens is 1. The minimum Gasteiger partial charge on any atom is -0.493 e. The standard InChI is InChI=1S/C36H38N4O13S/c1-38(31-6-3-4-17-37-31)18-21-49-27-11-7-26(8-12-27)23-30-35(44)39(36(45)54-30)24-51-33(42)15-16-34(43)53-28-13-9-25(22-29(28)48-2)10-14-32(41)50-19-5-20-52-40(46)47/h3-4,6-14,17,22,30H,5,15-16,18-21,23-24H2,1-2H3/b14-10+. The molecular weight excluding hydrogens is 728 g/mol. The lowest BCUT2D eigenvalue weighted by molar-refractivity contribution is -0.757. The Bertz CT molecular complexity index is 1810. The Morgan fingerprint density at radius 1 is 0.981 bits per heavy atom. The smallest absolute Gasteiger partial charge is 0.330 e. The molecule has 54 heavy (non-hydrogen) atoms. The summed E-state index contributed by atoms with van der Waals surface area (Å²) in [6, 6.07) is 17.4. The monoisotopic (exact) mass is 766 g/mol. The Labute approximate surface area is 314 Å². The van der Waals surface area contributed by atoms with Crippen LogP contribution in [-0.2, 0) is 39.9 Å². The minimum atomic E-state index is -0.936. The van der Waals surface area contributed by atoms with E-state index in [4.69, 9.17) is 23.7 Å². The van der Waals surface area contributed by atoms with Crippen molar-refractivity contribution in [2.24, 2.45) is 0 Å². The summed E-state index contributed by atoms with van der Waals surface area (Å²) >= 11 is 0.849. The molecule has 3 aromatic rings. The third-order valence-corrected chi connectivity index (χ3v) is 8.60. The SMILES string of the molecule is COc1cc(/C=C/C(=O)OCCCO[N+](=O)[O-])ccc1OC(=O)CCC(=O)OCN1C(=O)SC(Cc2ccc(OCCN(C)c3ccccn3)cc2)C1=O. The average molecular weight is 767 g/mol. The number of carbonyl (C=O) groups is 5.